The molecule has 21 heavy (non-hydrogen) atoms. The number of rotatable bonds is 3. The Labute approximate surface area is 123 Å². The molecule has 1 aliphatic heterocycles. The smallest absolute Gasteiger partial charge is 0.175 e. The molecular formula is C14H17N3O3S. The summed E-state index contributed by atoms with van der Waals surface area (Å²) < 4.78 is 23.5. The Balaban J connectivity index is 2.18. The van der Waals surface area contributed by atoms with Gasteiger partial charge >= 0.3 is 0 Å². The van der Waals surface area contributed by atoms with Gasteiger partial charge in [-0.3, -0.25) is 0 Å². The number of aromatic nitrogens is 2. The second-order valence-electron chi connectivity index (χ2n) is 5.32. The lowest BCUT2D eigenvalue weighted by Gasteiger charge is -2.25. The minimum atomic E-state index is -3.28. The average Bonchev–Trinajstić information content (AvgIpc) is 2.93. The van der Waals surface area contributed by atoms with Crippen LogP contribution in [0.2, 0.25) is 0 Å². The minimum absolute atomic E-state index is 0.0324. The second-order valence-corrected chi connectivity index (χ2v) is 7.34. The van der Waals surface area contributed by atoms with E-state index in [2.05, 4.69) is 9.97 Å². The van der Waals surface area contributed by atoms with E-state index in [1.54, 1.807) is 18.2 Å². The molecule has 1 N–H and O–H groups in total. The molecule has 2 heterocycles. The van der Waals surface area contributed by atoms with Gasteiger partial charge in [0.15, 0.2) is 9.84 Å². The summed E-state index contributed by atoms with van der Waals surface area (Å²) in [5, 5.41) is 10.2. The van der Waals surface area contributed by atoms with Crippen molar-refractivity contribution in [1.82, 2.24) is 9.97 Å². The van der Waals surface area contributed by atoms with Gasteiger partial charge in [-0.15, -0.1) is 0 Å². The van der Waals surface area contributed by atoms with Gasteiger partial charge in [0.25, 0.3) is 0 Å². The van der Waals surface area contributed by atoms with Gasteiger partial charge in [0.1, 0.15) is 12.1 Å². The van der Waals surface area contributed by atoms with E-state index in [1.807, 2.05) is 4.90 Å². The zero-order chi connectivity index (χ0) is 15.0. The van der Waals surface area contributed by atoms with Crippen LogP contribution < -0.4 is 4.90 Å². The third-order valence-corrected chi connectivity index (χ3v) is 4.98. The topological polar surface area (TPSA) is 83.4 Å². The van der Waals surface area contributed by atoms with Crippen LogP contribution in [0.25, 0.3) is 10.9 Å². The summed E-state index contributed by atoms with van der Waals surface area (Å²) in [7, 11) is -3.28. The highest BCUT2D eigenvalue weighted by molar-refractivity contribution is 7.90. The summed E-state index contributed by atoms with van der Waals surface area (Å²) in [6.07, 6.45) is 4.56. The van der Waals surface area contributed by atoms with E-state index >= 15 is 0 Å². The van der Waals surface area contributed by atoms with Crippen LogP contribution in [0.3, 0.4) is 0 Å². The number of anilines is 1. The fourth-order valence-electron chi connectivity index (χ4n) is 2.79. The third-order valence-electron chi connectivity index (χ3n) is 3.87. The first kappa shape index (κ1) is 14.2. The number of aliphatic hydroxyl groups is 1. The van der Waals surface area contributed by atoms with Crippen molar-refractivity contribution < 1.29 is 13.5 Å². The van der Waals surface area contributed by atoms with Gasteiger partial charge in [-0.05, 0) is 31.0 Å². The quantitative estimate of drug-likeness (QED) is 0.910. The maximum Gasteiger partial charge on any atom is 0.175 e. The Morgan fingerprint density at radius 1 is 1.38 bits per heavy atom. The normalized spacial score (nSPS) is 19.3. The van der Waals surface area contributed by atoms with Crippen molar-refractivity contribution >= 4 is 26.6 Å². The Hall–Kier alpha value is -1.73. The van der Waals surface area contributed by atoms with Crippen molar-refractivity contribution in [1.29, 1.82) is 0 Å². The predicted molar refractivity (Wildman–Crippen MR) is 80.1 cm³/mol. The highest BCUT2D eigenvalue weighted by Gasteiger charge is 2.26. The SMILES string of the molecule is CS(=O)(=O)c1ccc2ncnc(N3CCCC3CO)c2c1. The Morgan fingerprint density at radius 3 is 2.90 bits per heavy atom. The number of hydrogen-bond donors (Lipinski definition) is 1. The lowest BCUT2D eigenvalue weighted by atomic mass is 10.2. The number of benzene rings is 1. The summed E-state index contributed by atoms with van der Waals surface area (Å²) in [6.45, 7) is 0.873. The highest BCUT2D eigenvalue weighted by Crippen LogP contribution is 2.30. The van der Waals surface area contributed by atoms with Crippen LogP contribution in [0.1, 0.15) is 12.8 Å². The molecule has 1 saturated heterocycles. The van der Waals surface area contributed by atoms with Crippen molar-refractivity contribution in [2.75, 3.05) is 24.3 Å². The van der Waals surface area contributed by atoms with Gasteiger partial charge in [-0.2, -0.15) is 0 Å². The Bertz CT molecular complexity index is 776. The minimum Gasteiger partial charge on any atom is -0.394 e. The molecule has 1 aliphatic rings. The summed E-state index contributed by atoms with van der Waals surface area (Å²) in [4.78, 5) is 10.8. The summed E-state index contributed by atoms with van der Waals surface area (Å²) in [6, 6.07) is 4.90. The second kappa shape index (κ2) is 5.23. The van der Waals surface area contributed by atoms with Crippen molar-refractivity contribution in [3.8, 4) is 0 Å². The number of aliphatic hydroxyl groups excluding tert-OH is 1. The molecule has 0 spiro atoms. The molecule has 112 valence electrons. The first-order valence-electron chi connectivity index (χ1n) is 6.83. The van der Waals surface area contributed by atoms with E-state index in [1.165, 1.54) is 12.6 Å². The maximum absolute atomic E-state index is 11.7. The molecule has 6 nitrogen and oxygen atoms in total. The van der Waals surface area contributed by atoms with Gasteiger partial charge in [-0.25, -0.2) is 18.4 Å². The molecule has 0 saturated carbocycles. The molecular weight excluding hydrogens is 290 g/mol. The van der Waals surface area contributed by atoms with Crippen LogP contribution in [0.5, 0.6) is 0 Å². The fourth-order valence-corrected chi connectivity index (χ4v) is 3.43. The van der Waals surface area contributed by atoms with Gasteiger partial charge in [0, 0.05) is 18.2 Å². The number of hydrogen-bond acceptors (Lipinski definition) is 6. The molecule has 2 aromatic rings. The van der Waals surface area contributed by atoms with Crippen LogP contribution >= 0.6 is 0 Å². The number of nitrogens with zero attached hydrogens (tertiary/aromatic N) is 3. The van der Waals surface area contributed by atoms with E-state index in [-0.39, 0.29) is 17.5 Å². The number of fused-ring (bicyclic) bond motifs is 1. The maximum atomic E-state index is 11.7. The van der Waals surface area contributed by atoms with Crippen molar-refractivity contribution in [2.45, 2.75) is 23.8 Å². The summed E-state index contributed by atoms with van der Waals surface area (Å²) in [5.74, 6) is 0.696. The molecule has 3 rings (SSSR count). The highest BCUT2D eigenvalue weighted by atomic mass is 32.2. The van der Waals surface area contributed by atoms with Crippen LogP contribution in [0.4, 0.5) is 5.82 Å². The van der Waals surface area contributed by atoms with E-state index in [9.17, 15) is 13.5 Å². The molecule has 1 aromatic heterocycles. The molecule has 1 unspecified atom stereocenters. The zero-order valence-electron chi connectivity index (χ0n) is 11.7. The van der Waals surface area contributed by atoms with Crippen LogP contribution in [0.15, 0.2) is 29.4 Å². The monoisotopic (exact) mass is 307 g/mol. The van der Waals surface area contributed by atoms with Crippen LogP contribution in [-0.2, 0) is 9.84 Å². The largest absolute Gasteiger partial charge is 0.394 e. The lowest BCUT2D eigenvalue weighted by molar-refractivity contribution is 0.266. The molecule has 0 aliphatic carbocycles. The summed E-state index contributed by atoms with van der Waals surface area (Å²) in [5.41, 5.74) is 0.705. The average molecular weight is 307 g/mol. The fraction of sp³-hybridized carbons (Fsp3) is 0.429. The lowest BCUT2D eigenvalue weighted by Crippen LogP contribution is -2.32. The van der Waals surface area contributed by atoms with Crippen molar-refractivity contribution in [2.24, 2.45) is 0 Å². The zero-order valence-corrected chi connectivity index (χ0v) is 12.5. The van der Waals surface area contributed by atoms with E-state index < -0.39 is 9.84 Å². The molecule has 1 fully saturated rings. The standard InChI is InChI=1S/C14H17N3O3S/c1-21(19,20)11-4-5-13-12(7-11)14(16-9-15-13)17-6-2-3-10(17)8-18/h4-5,7,9-10,18H,2-3,6,8H2,1H3. The molecule has 1 atom stereocenters. The van der Waals surface area contributed by atoms with Gasteiger partial charge in [0.05, 0.1) is 23.1 Å². The van der Waals surface area contributed by atoms with Crippen molar-refractivity contribution in [3.05, 3.63) is 24.5 Å². The van der Waals surface area contributed by atoms with Gasteiger partial charge < -0.3 is 10.0 Å². The number of sulfone groups is 1. The van der Waals surface area contributed by atoms with Crippen LogP contribution in [-0.4, -0.2) is 48.9 Å². The van der Waals surface area contributed by atoms with Crippen molar-refractivity contribution in [3.63, 3.8) is 0 Å². The van der Waals surface area contributed by atoms with Gasteiger partial charge in [0.2, 0.25) is 0 Å². The third kappa shape index (κ3) is 2.58. The first-order chi connectivity index (χ1) is 10.0. The van der Waals surface area contributed by atoms with E-state index in [0.717, 1.165) is 19.4 Å². The summed E-state index contributed by atoms with van der Waals surface area (Å²) >= 11 is 0. The molecule has 7 heteroatoms. The molecule has 0 radical (unpaired) electrons. The molecule has 0 bridgehead atoms. The first-order valence-corrected chi connectivity index (χ1v) is 8.72. The molecule has 0 amide bonds. The Kier molecular flexibility index (Phi) is 3.54. The van der Waals surface area contributed by atoms with E-state index in [0.29, 0.717) is 16.7 Å². The van der Waals surface area contributed by atoms with E-state index in [4.69, 9.17) is 0 Å². The predicted octanol–water partition coefficient (Wildman–Crippen LogP) is 0.994. The van der Waals surface area contributed by atoms with Crippen LogP contribution in [0, 0.1) is 0 Å². The Morgan fingerprint density at radius 2 is 2.19 bits per heavy atom. The van der Waals surface area contributed by atoms with Gasteiger partial charge in [-0.1, -0.05) is 0 Å². The molecule has 1 aromatic carbocycles.